The molecule has 11 nitrogen and oxygen atoms in total. The van der Waals surface area contributed by atoms with E-state index < -0.39 is 30.4 Å². The normalized spacial score (nSPS) is 13.8. The molecule has 0 saturated carbocycles. The first-order valence-electron chi connectivity index (χ1n) is 12.2. The summed E-state index contributed by atoms with van der Waals surface area (Å²) in [6.45, 7) is 1.46. The third-order valence-corrected chi connectivity index (χ3v) is 6.71. The lowest BCUT2D eigenvalue weighted by atomic mass is 10.0. The number of hydrogen-bond acceptors (Lipinski definition) is 8. The number of ether oxygens (including phenoxy) is 1. The molecule has 13 heteroatoms. The van der Waals surface area contributed by atoms with Crippen molar-refractivity contribution in [2.24, 2.45) is 0 Å². The zero-order valence-corrected chi connectivity index (χ0v) is 22.4. The molecule has 1 aromatic heterocycles. The summed E-state index contributed by atoms with van der Waals surface area (Å²) >= 11 is 6.31. The quantitative estimate of drug-likeness (QED) is 0.184. The van der Waals surface area contributed by atoms with Gasteiger partial charge >= 0.3 is 0 Å². The lowest BCUT2D eigenvalue weighted by molar-refractivity contribution is -0.123. The Labute approximate surface area is 234 Å². The Morgan fingerprint density at radius 2 is 2.10 bits per heavy atom. The SMILES string of the molecule is COc1cc(F)cc([C@@H](C)NC(=O)C[C@@H](CO)N2Cc3ccc(-c4nc(NC(=N)C=N)ncc4Cl)cc3C2=O)c1. The summed E-state index contributed by atoms with van der Waals surface area (Å²) in [6.07, 6.45) is 2.00. The van der Waals surface area contributed by atoms with Gasteiger partial charge < -0.3 is 30.8 Å². The average molecular weight is 568 g/mol. The van der Waals surface area contributed by atoms with Gasteiger partial charge in [0.15, 0.2) is 0 Å². The minimum Gasteiger partial charge on any atom is -0.497 e. The number of rotatable bonds is 10. The number of amidine groups is 1. The molecule has 0 unspecified atom stereocenters. The van der Waals surface area contributed by atoms with Crippen molar-refractivity contribution in [2.75, 3.05) is 19.0 Å². The molecule has 2 atom stereocenters. The number of nitrogens with one attached hydrogen (secondary N) is 4. The van der Waals surface area contributed by atoms with Crippen molar-refractivity contribution in [3.05, 3.63) is 70.1 Å². The Hall–Kier alpha value is -4.42. The first kappa shape index (κ1) is 28.6. The Balaban J connectivity index is 1.48. The molecule has 40 heavy (non-hydrogen) atoms. The molecular formula is C27H27ClFN7O4. The van der Waals surface area contributed by atoms with Crippen LogP contribution in [0.25, 0.3) is 11.3 Å². The molecule has 3 aromatic rings. The molecule has 0 aliphatic carbocycles. The van der Waals surface area contributed by atoms with Crippen molar-refractivity contribution in [3.8, 4) is 17.0 Å². The van der Waals surface area contributed by atoms with E-state index >= 15 is 0 Å². The van der Waals surface area contributed by atoms with Crippen molar-refractivity contribution >= 4 is 41.4 Å². The molecule has 0 saturated heterocycles. The zero-order chi connectivity index (χ0) is 29.0. The molecule has 208 valence electrons. The van der Waals surface area contributed by atoms with Crippen LogP contribution in [0.5, 0.6) is 5.75 Å². The maximum absolute atomic E-state index is 13.9. The summed E-state index contributed by atoms with van der Waals surface area (Å²) in [6, 6.07) is 7.96. The first-order chi connectivity index (χ1) is 19.1. The highest BCUT2D eigenvalue weighted by Crippen LogP contribution is 2.32. The number of amides is 2. The van der Waals surface area contributed by atoms with Crippen LogP contribution in [0.1, 0.15) is 40.9 Å². The fraction of sp³-hybridized carbons (Fsp3) is 0.259. The van der Waals surface area contributed by atoms with E-state index in [0.29, 0.717) is 33.7 Å². The third kappa shape index (κ3) is 6.24. The summed E-state index contributed by atoms with van der Waals surface area (Å²) in [4.78, 5) is 35.9. The maximum Gasteiger partial charge on any atom is 0.254 e. The van der Waals surface area contributed by atoms with Gasteiger partial charge in [-0.1, -0.05) is 23.7 Å². The van der Waals surface area contributed by atoms with E-state index in [1.165, 1.54) is 30.3 Å². The third-order valence-electron chi connectivity index (χ3n) is 6.43. The first-order valence-corrected chi connectivity index (χ1v) is 12.6. The summed E-state index contributed by atoms with van der Waals surface area (Å²) in [7, 11) is 1.42. The molecule has 5 N–H and O–H groups in total. The summed E-state index contributed by atoms with van der Waals surface area (Å²) in [5.41, 5.74) is 2.46. The van der Waals surface area contributed by atoms with E-state index in [1.54, 1.807) is 31.2 Å². The molecule has 0 radical (unpaired) electrons. The molecule has 4 rings (SSSR count). The van der Waals surface area contributed by atoms with E-state index in [-0.39, 0.29) is 35.7 Å². The molecule has 0 bridgehead atoms. The maximum atomic E-state index is 13.9. The largest absolute Gasteiger partial charge is 0.497 e. The van der Waals surface area contributed by atoms with Gasteiger partial charge in [-0.3, -0.25) is 15.0 Å². The van der Waals surface area contributed by atoms with Crippen LogP contribution in [0, 0.1) is 16.6 Å². The van der Waals surface area contributed by atoms with Gasteiger partial charge in [0.25, 0.3) is 5.91 Å². The van der Waals surface area contributed by atoms with Gasteiger partial charge in [-0.15, -0.1) is 0 Å². The Kier molecular flexibility index (Phi) is 8.70. The number of halogens is 2. The number of methoxy groups -OCH3 is 1. The van der Waals surface area contributed by atoms with Crippen molar-refractivity contribution < 1.29 is 23.8 Å². The van der Waals surface area contributed by atoms with E-state index in [9.17, 15) is 19.1 Å². The van der Waals surface area contributed by atoms with Crippen LogP contribution in [0.4, 0.5) is 10.3 Å². The van der Waals surface area contributed by atoms with Crippen LogP contribution in [-0.2, 0) is 11.3 Å². The lowest BCUT2D eigenvalue weighted by Gasteiger charge is -2.26. The number of carbonyl (C=O) groups is 2. The number of benzene rings is 2. The molecule has 0 spiro atoms. The molecule has 1 aliphatic heterocycles. The fourth-order valence-corrected chi connectivity index (χ4v) is 4.58. The van der Waals surface area contributed by atoms with Gasteiger partial charge in [-0.2, -0.15) is 0 Å². The smallest absolute Gasteiger partial charge is 0.254 e. The van der Waals surface area contributed by atoms with Crippen molar-refractivity contribution in [2.45, 2.75) is 32.0 Å². The predicted molar refractivity (Wildman–Crippen MR) is 147 cm³/mol. The fourth-order valence-electron chi connectivity index (χ4n) is 4.38. The molecule has 2 heterocycles. The van der Waals surface area contributed by atoms with Crippen LogP contribution in [0.2, 0.25) is 5.02 Å². The van der Waals surface area contributed by atoms with Crippen LogP contribution < -0.4 is 15.4 Å². The van der Waals surface area contributed by atoms with E-state index in [0.717, 1.165) is 6.21 Å². The number of aliphatic hydroxyl groups is 1. The van der Waals surface area contributed by atoms with Crippen LogP contribution in [0.15, 0.2) is 42.6 Å². The van der Waals surface area contributed by atoms with Gasteiger partial charge in [-0.25, -0.2) is 14.4 Å². The highest BCUT2D eigenvalue weighted by atomic mass is 35.5. The Morgan fingerprint density at radius 1 is 1.32 bits per heavy atom. The topological polar surface area (TPSA) is 164 Å². The van der Waals surface area contributed by atoms with Gasteiger partial charge in [-0.05, 0) is 36.2 Å². The number of anilines is 1. The highest BCUT2D eigenvalue weighted by molar-refractivity contribution is 6.33. The van der Waals surface area contributed by atoms with Crippen molar-refractivity contribution in [3.63, 3.8) is 0 Å². The Bertz CT molecular complexity index is 1490. The zero-order valence-electron chi connectivity index (χ0n) is 21.7. The van der Waals surface area contributed by atoms with E-state index in [4.69, 9.17) is 27.2 Å². The molecule has 0 fully saturated rings. The number of carbonyl (C=O) groups excluding carboxylic acids is 2. The second-order valence-corrected chi connectivity index (χ2v) is 9.54. The summed E-state index contributed by atoms with van der Waals surface area (Å²) in [5.74, 6) is -1.09. The second kappa shape index (κ2) is 12.2. The Morgan fingerprint density at radius 3 is 2.80 bits per heavy atom. The molecular weight excluding hydrogens is 541 g/mol. The standard InChI is InChI=1S/C27H27ClFN7O4/c1-14(17-5-18(29)8-20(6-17)40-2)33-24(38)9-19(13-37)36-12-16-4-3-15(7-21(16)26(36)39)25-22(28)11-32-27(35-25)34-23(31)10-30/h3-8,10-11,14,19,30,37H,9,12-13H2,1-2H3,(H,33,38)(H2,31,32,34,35)/t14-,19+/m1/s1. The molecule has 1 aliphatic rings. The second-order valence-electron chi connectivity index (χ2n) is 9.13. The van der Waals surface area contributed by atoms with E-state index in [1.807, 2.05) is 0 Å². The molecule has 2 amide bonds. The summed E-state index contributed by atoms with van der Waals surface area (Å²) in [5, 5.41) is 30.4. The monoisotopic (exact) mass is 567 g/mol. The van der Waals surface area contributed by atoms with Gasteiger partial charge in [0.05, 0.1) is 48.9 Å². The van der Waals surface area contributed by atoms with Crippen LogP contribution in [-0.4, -0.2) is 63.6 Å². The van der Waals surface area contributed by atoms with E-state index in [2.05, 4.69) is 20.6 Å². The number of aliphatic hydroxyl groups excluding tert-OH is 1. The van der Waals surface area contributed by atoms with Crippen molar-refractivity contribution in [1.29, 1.82) is 10.8 Å². The van der Waals surface area contributed by atoms with Crippen LogP contribution >= 0.6 is 11.6 Å². The number of aromatic nitrogens is 2. The average Bonchev–Trinajstić information content (AvgIpc) is 3.27. The lowest BCUT2D eigenvalue weighted by Crippen LogP contribution is -2.42. The minimum absolute atomic E-state index is 0.0682. The number of hydrogen-bond donors (Lipinski definition) is 5. The van der Waals surface area contributed by atoms with Gasteiger partial charge in [0.2, 0.25) is 11.9 Å². The number of fused-ring (bicyclic) bond motifs is 1. The molecule has 2 aromatic carbocycles. The minimum atomic E-state index is -0.789. The van der Waals surface area contributed by atoms with Crippen LogP contribution in [0.3, 0.4) is 0 Å². The summed E-state index contributed by atoms with van der Waals surface area (Å²) < 4.78 is 19.0. The number of nitrogens with zero attached hydrogens (tertiary/aromatic N) is 3. The van der Waals surface area contributed by atoms with Crippen molar-refractivity contribution in [1.82, 2.24) is 20.2 Å². The predicted octanol–water partition coefficient (Wildman–Crippen LogP) is 3.57. The van der Waals surface area contributed by atoms with Gasteiger partial charge in [0, 0.05) is 30.2 Å². The van der Waals surface area contributed by atoms with Gasteiger partial charge in [0.1, 0.15) is 17.4 Å². The highest BCUT2D eigenvalue weighted by Gasteiger charge is 2.34.